The van der Waals surface area contributed by atoms with E-state index in [2.05, 4.69) is 20.5 Å². The Morgan fingerprint density at radius 1 is 1.21 bits per heavy atom. The van der Waals surface area contributed by atoms with Crippen LogP contribution < -0.4 is 10.1 Å². The van der Waals surface area contributed by atoms with Gasteiger partial charge in [-0.05, 0) is 37.3 Å². The Kier molecular flexibility index (Phi) is 4.56. The van der Waals surface area contributed by atoms with Crippen LogP contribution in [0.2, 0.25) is 0 Å². The molecule has 1 unspecified atom stereocenters. The molecule has 0 aliphatic rings. The summed E-state index contributed by atoms with van der Waals surface area (Å²) in [6.07, 6.45) is 1.70. The van der Waals surface area contributed by atoms with Crippen LogP contribution in [-0.2, 0) is 0 Å². The van der Waals surface area contributed by atoms with Crippen molar-refractivity contribution in [2.45, 2.75) is 13.0 Å². The minimum absolute atomic E-state index is 0.197. The molecule has 1 aromatic carbocycles. The third-order valence-corrected chi connectivity index (χ3v) is 3.68. The van der Waals surface area contributed by atoms with Crippen molar-refractivity contribution in [2.24, 2.45) is 0 Å². The van der Waals surface area contributed by atoms with Crippen molar-refractivity contribution in [1.29, 1.82) is 0 Å². The Hall–Kier alpha value is -3.15. The van der Waals surface area contributed by atoms with E-state index in [1.807, 2.05) is 49.4 Å². The van der Waals surface area contributed by atoms with E-state index in [9.17, 15) is 4.79 Å². The first-order valence-electron chi connectivity index (χ1n) is 7.59. The number of methoxy groups -OCH3 is 1. The molecule has 6 nitrogen and oxygen atoms in total. The van der Waals surface area contributed by atoms with Crippen molar-refractivity contribution in [1.82, 2.24) is 20.5 Å². The van der Waals surface area contributed by atoms with Crippen LogP contribution in [0.5, 0.6) is 5.75 Å². The number of aromatic nitrogens is 3. The van der Waals surface area contributed by atoms with Crippen LogP contribution in [0.25, 0.3) is 11.3 Å². The summed E-state index contributed by atoms with van der Waals surface area (Å²) < 4.78 is 5.33. The highest BCUT2D eigenvalue weighted by atomic mass is 16.5. The third-order valence-electron chi connectivity index (χ3n) is 3.68. The summed E-state index contributed by atoms with van der Waals surface area (Å²) in [6, 6.07) is 14.6. The number of carbonyl (C=O) groups is 1. The molecule has 1 amide bonds. The van der Waals surface area contributed by atoms with Crippen molar-refractivity contribution in [3.63, 3.8) is 0 Å². The van der Waals surface area contributed by atoms with Crippen molar-refractivity contribution >= 4 is 5.91 Å². The average molecular weight is 322 g/mol. The van der Waals surface area contributed by atoms with Crippen molar-refractivity contribution in [3.8, 4) is 17.0 Å². The lowest BCUT2D eigenvalue weighted by Crippen LogP contribution is -2.27. The molecule has 0 bridgehead atoms. The number of para-hydroxylation sites is 1. The summed E-state index contributed by atoms with van der Waals surface area (Å²) in [5.41, 5.74) is 2.67. The summed E-state index contributed by atoms with van der Waals surface area (Å²) >= 11 is 0. The first-order valence-corrected chi connectivity index (χ1v) is 7.59. The third kappa shape index (κ3) is 3.27. The smallest absolute Gasteiger partial charge is 0.269 e. The van der Waals surface area contributed by atoms with Gasteiger partial charge in [0, 0.05) is 11.8 Å². The van der Waals surface area contributed by atoms with Gasteiger partial charge in [0.25, 0.3) is 5.91 Å². The number of hydrogen-bond acceptors (Lipinski definition) is 4. The summed E-state index contributed by atoms with van der Waals surface area (Å²) in [7, 11) is 1.60. The first kappa shape index (κ1) is 15.7. The number of nitrogens with zero attached hydrogens (tertiary/aromatic N) is 2. The van der Waals surface area contributed by atoms with Crippen LogP contribution in [0, 0.1) is 0 Å². The Balaban J connectivity index is 1.77. The molecule has 0 fully saturated rings. The minimum Gasteiger partial charge on any atom is -0.496 e. The van der Waals surface area contributed by atoms with Gasteiger partial charge in [-0.1, -0.05) is 18.2 Å². The number of nitrogens with one attached hydrogen (secondary N) is 2. The van der Waals surface area contributed by atoms with E-state index in [1.54, 1.807) is 19.4 Å². The van der Waals surface area contributed by atoms with E-state index in [0.717, 1.165) is 11.3 Å². The topological polar surface area (TPSA) is 79.9 Å². The second-order valence-electron chi connectivity index (χ2n) is 5.32. The number of amides is 1. The molecule has 0 aliphatic carbocycles. The van der Waals surface area contributed by atoms with E-state index in [0.29, 0.717) is 17.1 Å². The van der Waals surface area contributed by atoms with E-state index in [4.69, 9.17) is 4.74 Å². The van der Waals surface area contributed by atoms with Gasteiger partial charge in [-0.25, -0.2) is 0 Å². The molecule has 2 N–H and O–H groups in total. The fourth-order valence-electron chi connectivity index (χ4n) is 2.41. The summed E-state index contributed by atoms with van der Waals surface area (Å²) in [5.74, 6) is 0.472. The lowest BCUT2D eigenvalue weighted by molar-refractivity contribution is 0.0934. The van der Waals surface area contributed by atoms with Gasteiger partial charge in [0.2, 0.25) is 0 Å². The van der Waals surface area contributed by atoms with Gasteiger partial charge < -0.3 is 10.1 Å². The number of hydrogen-bond donors (Lipinski definition) is 2. The van der Waals surface area contributed by atoms with E-state index >= 15 is 0 Å². The maximum absolute atomic E-state index is 12.4. The Labute approximate surface area is 139 Å². The lowest BCUT2D eigenvalue weighted by atomic mass is 10.1. The molecule has 2 heterocycles. The summed E-state index contributed by atoms with van der Waals surface area (Å²) in [6.45, 7) is 1.89. The second-order valence-corrected chi connectivity index (χ2v) is 5.32. The van der Waals surface area contributed by atoms with Gasteiger partial charge in [-0.15, -0.1) is 0 Å². The largest absolute Gasteiger partial charge is 0.496 e. The van der Waals surface area contributed by atoms with Gasteiger partial charge in [-0.3, -0.25) is 14.9 Å². The number of aromatic amines is 1. The van der Waals surface area contributed by atoms with Gasteiger partial charge in [0.1, 0.15) is 11.4 Å². The molecule has 1 atom stereocenters. The van der Waals surface area contributed by atoms with Crippen LogP contribution in [0.1, 0.15) is 29.1 Å². The molecule has 0 saturated heterocycles. The highest BCUT2D eigenvalue weighted by Gasteiger charge is 2.16. The summed E-state index contributed by atoms with van der Waals surface area (Å²) in [4.78, 5) is 16.6. The molecule has 0 aliphatic heterocycles. The Bertz CT molecular complexity index is 830. The average Bonchev–Trinajstić information content (AvgIpc) is 3.12. The number of carbonyl (C=O) groups excluding carboxylic acids is 1. The monoisotopic (exact) mass is 322 g/mol. The molecule has 3 aromatic rings. The van der Waals surface area contributed by atoms with Gasteiger partial charge >= 0.3 is 0 Å². The number of ether oxygens (including phenoxy) is 1. The zero-order chi connectivity index (χ0) is 16.9. The van der Waals surface area contributed by atoms with E-state index < -0.39 is 0 Å². The zero-order valence-electron chi connectivity index (χ0n) is 13.5. The molecule has 2 aromatic heterocycles. The quantitative estimate of drug-likeness (QED) is 0.757. The molecule has 6 heteroatoms. The minimum atomic E-state index is -0.234. The molecule has 3 rings (SSSR count). The predicted molar refractivity (Wildman–Crippen MR) is 90.7 cm³/mol. The number of H-pyrrole nitrogens is 1. The standard InChI is InChI=1S/C18H18N4O2/c1-12(14-8-5-6-10-19-14)20-18(23)16-11-15(21-22-16)13-7-3-4-9-17(13)24-2/h3-12H,1-2H3,(H,20,23)(H,21,22). The molecule has 0 spiro atoms. The van der Waals surface area contributed by atoms with Crippen LogP contribution >= 0.6 is 0 Å². The fourth-order valence-corrected chi connectivity index (χ4v) is 2.41. The predicted octanol–water partition coefficient (Wildman–Crippen LogP) is 2.97. The van der Waals surface area contributed by atoms with Gasteiger partial charge in [0.15, 0.2) is 0 Å². The lowest BCUT2D eigenvalue weighted by Gasteiger charge is -2.12. The van der Waals surface area contributed by atoms with Crippen LogP contribution in [-0.4, -0.2) is 28.2 Å². The second kappa shape index (κ2) is 6.95. The summed E-state index contributed by atoms with van der Waals surface area (Å²) in [5, 5.41) is 9.89. The maximum Gasteiger partial charge on any atom is 0.269 e. The SMILES string of the molecule is COc1ccccc1-c1cc(C(=O)NC(C)c2ccccn2)[nH]n1. The number of rotatable bonds is 5. The number of benzene rings is 1. The molecule has 0 saturated carbocycles. The Morgan fingerprint density at radius 2 is 2.00 bits per heavy atom. The maximum atomic E-state index is 12.4. The van der Waals surface area contributed by atoms with Crippen molar-refractivity contribution in [3.05, 3.63) is 66.1 Å². The highest BCUT2D eigenvalue weighted by molar-refractivity contribution is 5.93. The van der Waals surface area contributed by atoms with Gasteiger partial charge in [0.05, 0.1) is 24.5 Å². The fraction of sp³-hybridized carbons (Fsp3) is 0.167. The van der Waals surface area contributed by atoms with E-state index in [-0.39, 0.29) is 11.9 Å². The molecule has 122 valence electrons. The zero-order valence-corrected chi connectivity index (χ0v) is 13.5. The molecule has 24 heavy (non-hydrogen) atoms. The Morgan fingerprint density at radius 3 is 2.75 bits per heavy atom. The molecular formula is C18H18N4O2. The normalized spacial score (nSPS) is 11.8. The van der Waals surface area contributed by atoms with Crippen LogP contribution in [0.15, 0.2) is 54.7 Å². The highest BCUT2D eigenvalue weighted by Crippen LogP contribution is 2.28. The van der Waals surface area contributed by atoms with Gasteiger partial charge in [-0.2, -0.15) is 5.10 Å². The molecular weight excluding hydrogens is 304 g/mol. The van der Waals surface area contributed by atoms with E-state index in [1.165, 1.54) is 0 Å². The van der Waals surface area contributed by atoms with Crippen molar-refractivity contribution in [2.75, 3.05) is 7.11 Å². The first-order chi connectivity index (χ1) is 11.7. The van der Waals surface area contributed by atoms with Crippen molar-refractivity contribution < 1.29 is 9.53 Å². The van der Waals surface area contributed by atoms with Crippen LogP contribution in [0.3, 0.4) is 0 Å². The molecule has 0 radical (unpaired) electrons. The number of pyridine rings is 1. The van der Waals surface area contributed by atoms with Crippen LogP contribution in [0.4, 0.5) is 0 Å².